The molecule has 0 radical (unpaired) electrons. The molecule has 0 saturated heterocycles. The third-order valence-electron chi connectivity index (χ3n) is 2.71. The Morgan fingerprint density at radius 3 is 2.12 bits per heavy atom. The molecular weight excluding hydrogens is 200 g/mol. The lowest BCUT2D eigenvalue weighted by atomic mass is 9.94. The van der Waals surface area contributed by atoms with Crippen LogP contribution < -0.4 is 16.2 Å². The highest BCUT2D eigenvalue weighted by Crippen LogP contribution is 2.20. The molecule has 0 bridgehead atoms. The van der Waals surface area contributed by atoms with Crippen LogP contribution >= 0.6 is 0 Å². The summed E-state index contributed by atoms with van der Waals surface area (Å²) in [5.74, 6) is 1.41. The first kappa shape index (κ1) is 13.0. The summed E-state index contributed by atoms with van der Waals surface area (Å²) in [4.78, 5) is 0. The highest BCUT2D eigenvalue weighted by atomic mass is 16.5. The van der Waals surface area contributed by atoms with Crippen LogP contribution in [0.4, 0.5) is 0 Å². The van der Waals surface area contributed by atoms with Gasteiger partial charge in [0, 0.05) is 12.1 Å². The predicted molar refractivity (Wildman–Crippen MR) is 67.4 cm³/mol. The Bertz CT molecular complexity index is 308. The lowest BCUT2D eigenvalue weighted by Gasteiger charge is -2.22. The quantitative estimate of drug-likeness (QED) is 0.801. The van der Waals surface area contributed by atoms with E-state index in [9.17, 15) is 0 Å². The van der Waals surface area contributed by atoms with E-state index >= 15 is 0 Å². The van der Waals surface area contributed by atoms with Crippen molar-refractivity contribution in [2.45, 2.75) is 32.4 Å². The zero-order chi connectivity index (χ0) is 12.1. The van der Waals surface area contributed by atoms with Crippen LogP contribution in [0.2, 0.25) is 0 Å². The van der Waals surface area contributed by atoms with Crippen LogP contribution in [-0.4, -0.2) is 13.2 Å². The van der Waals surface area contributed by atoms with Crippen molar-refractivity contribution in [3.63, 3.8) is 0 Å². The molecule has 3 heteroatoms. The molecule has 0 saturated carbocycles. The van der Waals surface area contributed by atoms with Crippen molar-refractivity contribution in [1.29, 1.82) is 0 Å². The zero-order valence-electron chi connectivity index (χ0n) is 10.3. The molecular formula is C13H22N2O. The molecule has 0 aliphatic rings. The largest absolute Gasteiger partial charge is 0.497 e. The first-order chi connectivity index (χ1) is 7.54. The summed E-state index contributed by atoms with van der Waals surface area (Å²) in [6, 6.07) is 7.68. The van der Waals surface area contributed by atoms with Gasteiger partial charge in [-0.25, -0.2) is 0 Å². The fourth-order valence-electron chi connectivity index (χ4n) is 1.76. The SMILES string of the molecule is COc1ccc(C(N)C(N)CC(C)C)cc1. The summed E-state index contributed by atoms with van der Waals surface area (Å²) in [6.07, 6.45) is 0.938. The van der Waals surface area contributed by atoms with Gasteiger partial charge in [0.15, 0.2) is 0 Å². The summed E-state index contributed by atoms with van der Waals surface area (Å²) in [6.45, 7) is 4.31. The van der Waals surface area contributed by atoms with Gasteiger partial charge in [0.1, 0.15) is 5.75 Å². The first-order valence-electron chi connectivity index (χ1n) is 5.69. The zero-order valence-corrected chi connectivity index (χ0v) is 10.3. The molecule has 0 fully saturated rings. The van der Waals surface area contributed by atoms with Crippen LogP contribution in [0, 0.1) is 5.92 Å². The van der Waals surface area contributed by atoms with Crippen molar-refractivity contribution in [2.75, 3.05) is 7.11 Å². The summed E-state index contributed by atoms with van der Waals surface area (Å²) < 4.78 is 5.10. The van der Waals surface area contributed by atoms with Gasteiger partial charge in [-0.15, -0.1) is 0 Å². The Balaban J connectivity index is 2.67. The summed E-state index contributed by atoms with van der Waals surface area (Å²) >= 11 is 0. The Hall–Kier alpha value is -1.06. The smallest absolute Gasteiger partial charge is 0.118 e. The topological polar surface area (TPSA) is 61.3 Å². The fourth-order valence-corrected chi connectivity index (χ4v) is 1.76. The molecule has 1 aromatic carbocycles. The van der Waals surface area contributed by atoms with Crippen molar-refractivity contribution in [3.8, 4) is 5.75 Å². The maximum Gasteiger partial charge on any atom is 0.118 e. The van der Waals surface area contributed by atoms with Gasteiger partial charge in [-0.3, -0.25) is 0 Å². The average molecular weight is 222 g/mol. The minimum atomic E-state index is -0.103. The van der Waals surface area contributed by atoms with Crippen molar-refractivity contribution < 1.29 is 4.74 Å². The van der Waals surface area contributed by atoms with Crippen molar-refractivity contribution in [2.24, 2.45) is 17.4 Å². The standard InChI is InChI=1S/C13H22N2O/c1-9(2)8-12(14)13(15)10-4-6-11(16-3)7-5-10/h4-7,9,12-13H,8,14-15H2,1-3H3. The van der Waals surface area contributed by atoms with Crippen LogP contribution in [-0.2, 0) is 0 Å². The van der Waals surface area contributed by atoms with Crippen LogP contribution in [0.15, 0.2) is 24.3 Å². The van der Waals surface area contributed by atoms with Gasteiger partial charge in [0.25, 0.3) is 0 Å². The summed E-state index contributed by atoms with van der Waals surface area (Å²) in [5.41, 5.74) is 13.2. The molecule has 0 aromatic heterocycles. The van der Waals surface area contributed by atoms with Crippen LogP contribution in [0.25, 0.3) is 0 Å². The van der Waals surface area contributed by atoms with Gasteiger partial charge in [0.2, 0.25) is 0 Å². The molecule has 90 valence electrons. The second kappa shape index (κ2) is 5.87. The van der Waals surface area contributed by atoms with E-state index in [1.54, 1.807) is 7.11 Å². The number of hydrogen-bond donors (Lipinski definition) is 2. The van der Waals surface area contributed by atoms with Gasteiger partial charge >= 0.3 is 0 Å². The van der Waals surface area contributed by atoms with Crippen molar-refractivity contribution in [1.82, 2.24) is 0 Å². The molecule has 2 unspecified atom stereocenters. The van der Waals surface area contributed by atoms with E-state index < -0.39 is 0 Å². The highest BCUT2D eigenvalue weighted by Gasteiger charge is 2.16. The molecule has 2 atom stereocenters. The van der Waals surface area contributed by atoms with Gasteiger partial charge < -0.3 is 16.2 Å². The average Bonchev–Trinajstić information content (AvgIpc) is 2.27. The van der Waals surface area contributed by atoms with E-state index in [1.807, 2.05) is 24.3 Å². The van der Waals surface area contributed by atoms with Crippen molar-refractivity contribution in [3.05, 3.63) is 29.8 Å². The number of rotatable bonds is 5. The molecule has 0 aliphatic heterocycles. The number of ether oxygens (including phenoxy) is 1. The van der Waals surface area contributed by atoms with Crippen LogP contribution in [0.5, 0.6) is 5.75 Å². The second-order valence-corrected chi connectivity index (χ2v) is 4.59. The van der Waals surface area contributed by atoms with Crippen LogP contribution in [0.1, 0.15) is 31.9 Å². The number of hydrogen-bond acceptors (Lipinski definition) is 3. The second-order valence-electron chi connectivity index (χ2n) is 4.59. The molecule has 0 heterocycles. The van der Waals surface area contributed by atoms with E-state index in [4.69, 9.17) is 16.2 Å². The van der Waals surface area contributed by atoms with E-state index in [1.165, 1.54) is 0 Å². The minimum Gasteiger partial charge on any atom is -0.497 e. The lowest BCUT2D eigenvalue weighted by Crippen LogP contribution is -2.35. The van der Waals surface area contributed by atoms with Crippen molar-refractivity contribution >= 4 is 0 Å². The molecule has 1 aromatic rings. The lowest BCUT2D eigenvalue weighted by molar-refractivity contribution is 0.413. The van der Waals surface area contributed by atoms with E-state index in [0.29, 0.717) is 5.92 Å². The van der Waals surface area contributed by atoms with Gasteiger partial charge in [-0.05, 0) is 30.0 Å². The van der Waals surface area contributed by atoms with Gasteiger partial charge in [-0.1, -0.05) is 26.0 Å². The van der Waals surface area contributed by atoms with Gasteiger partial charge in [-0.2, -0.15) is 0 Å². The van der Waals surface area contributed by atoms with E-state index in [0.717, 1.165) is 17.7 Å². The molecule has 4 N–H and O–H groups in total. The molecule has 1 rings (SSSR count). The molecule has 16 heavy (non-hydrogen) atoms. The Kier molecular flexibility index (Phi) is 4.77. The summed E-state index contributed by atoms with van der Waals surface area (Å²) in [7, 11) is 1.65. The highest BCUT2D eigenvalue weighted by molar-refractivity contribution is 5.29. The van der Waals surface area contributed by atoms with Crippen LogP contribution in [0.3, 0.4) is 0 Å². The monoisotopic (exact) mass is 222 g/mol. The Labute approximate surface area is 97.8 Å². The number of benzene rings is 1. The Morgan fingerprint density at radius 1 is 1.12 bits per heavy atom. The maximum atomic E-state index is 6.11. The third kappa shape index (κ3) is 3.51. The number of nitrogens with two attached hydrogens (primary N) is 2. The minimum absolute atomic E-state index is 0.00777. The third-order valence-corrected chi connectivity index (χ3v) is 2.71. The van der Waals surface area contributed by atoms with E-state index in [-0.39, 0.29) is 12.1 Å². The summed E-state index contributed by atoms with van der Waals surface area (Å²) in [5, 5.41) is 0. The molecule has 0 spiro atoms. The fraction of sp³-hybridized carbons (Fsp3) is 0.538. The molecule has 0 aliphatic carbocycles. The normalized spacial score (nSPS) is 14.9. The molecule has 3 nitrogen and oxygen atoms in total. The molecule has 0 amide bonds. The Morgan fingerprint density at radius 2 is 1.69 bits per heavy atom. The predicted octanol–water partition coefficient (Wildman–Crippen LogP) is 2.07. The van der Waals surface area contributed by atoms with Gasteiger partial charge in [0.05, 0.1) is 7.11 Å². The first-order valence-corrected chi connectivity index (χ1v) is 5.69. The maximum absolute atomic E-state index is 6.11. The number of methoxy groups -OCH3 is 1. The van der Waals surface area contributed by atoms with E-state index in [2.05, 4.69) is 13.8 Å².